The van der Waals surface area contributed by atoms with Crippen molar-refractivity contribution in [2.24, 2.45) is 5.73 Å². The normalized spacial score (nSPS) is 19.2. The van der Waals surface area contributed by atoms with Gasteiger partial charge in [0, 0.05) is 18.4 Å². The maximum Gasteiger partial charge on any atom is 0.339 e. The molecule has 182 valence electrons. The van der Waals surface area contributed by atoms with Gasteiger partial charge in [-0.2, -0.15) is 0 Å². The van der Waals surface area contributed by atoms with E-state index in [4.69, 9.17) is 29.4 Å². The summed E-state index contributed by atoms with van der Waals surface area (Å²) in [6.07, 6.45) is 0. The fourth-order valence-electron chi connectivity index (χ4n) is 4.13. The van der Waals surface area contributed by atoms with Gasteiger partial charge in [-0.3, -0.25) is 4.79 Å². The molecule has 34 heavy (non-hydrogen) atoms. The number of fused-ring (bicyclic) bond motifs is 2. The van der Waals surface area contributed by atoms with E-state index in [2.05, 4.69) is 0 Å². The highest BCUT2D eigenvalue weighted by molar-refractivity contribution is 6.16. The fourth-order valence-corrected chi connectivity index (χ4v) is 4.13. The highest BCUT2D eigenvalue weighted by atomic mass is 16.6. The number of ether oxygens (including phenoxy) is 5. The first-order valence-electron chi connectivity index (χ1n) is 10.5. The summed E-state index contributed by atoms with van der Waals surface area (Å²) in [5, 5.41) is 0. The van der Waals surface area contributed by atoms with Crippen LogP contribution < -0.4 is 10.6 Å². The minimum Gasteiger partial charge on any atom is -0.468 e. The molecule has 1 aromatic carbocycles. The number of nitrogens with two attached hydrogens (primary N) is 1. The van der Waals surface area contributed by atoms with Crippen molar-refractivity contribution in [3.8, 4) is 0 Å². The van der Waals surface area contributed by atoms with E-state index >= 15 is 0 Å². The zero-order valence-corrected chi connectivity index (χ0v) is 19.3. The van der Waals surface area contributed by atoms with E-state index < -0.39 is 29.3 Å². The maximum absolute atomic E-state index is 13.5. The number of anilines is 1. The maximum atomic E-state index is 13.5. The van der Waals surface area contributed by atoms with E-state index in [1.54, 1.807) is 31.2 Å². The predicted molar refractivity (Wildman–Crippen MR) is 117 cm³/mol. The number of methoxy groups -OCH3 is 2. The van der Waals surface area contributed by atoms with Gasteiger partial charge in [0.15, 0.2) is 5.41 Å². The smallest absolute Gasteiger partial charge is 0.339 e. The molecule has 2 aliphatic rings. The lowest BCUT2D eigenvalue weighted by atomic mass is 9.66. The summed E-state index contributed by atoms with van der Waals surface area (Å²) >= 11 is 0. The molecule has 3 rings (SSSR count). The Hall–Kier alpha value is -3.86. The van der Waals surface area contributed by atoms with E-state index in [1.807, 2.05) is 0 Å². The first kappa shape index (κ1) is 24.8. The van der Waals surface area contributed by atoms with Gasteiger partial charge in [0.2, 0.25) is 0 Å². The van der Waals surface area contributed by atoms with Crippen LogP contribution in [0.1, 0.15) is 19.4 Å². The molecule has 2 aliphatic heterocycles. The highest BCUT2D eigenvalue weighted by Crippen LogP contribution is 2.54. The lowest BCUT2D eigenvalue weighted by Crippen LogP contribution is -2.51. The van der Waals surface area contributed by atoms with Crippen LogP contribution >= 0.6 is 0 Å². The second-order valence-corrected chi connectivity index (χ2v) is 7.36. The van der Waals surface area contributed by atoms with Crippen molar-refractivity contribution < 1.29 is 42.9 Å². The Balaban J connectivity index is 2.34. The molecule has 0 amide bonds. The number of para-hydroxylation sites is 1. The Labute approximate surface area is 196 Å². The summed E-state index contributed by atoms with van der Waals surface area (Å²) in [6.45, 7) is 2.63. The summed E-state index contributed by atoms with van der Waals surface area (Å²) < 4.78 is 25.6. The molecule has 0 bridgehead atoms. The number of carbonyl (C=O) groups is 4. The fraction of sp³-hybridized carbons (Fsp3) is 0.391. The molecule has 0 aromatic heterocycles. The molecule has 0 fully saturated rings. The number of benzene rings is 1. The van der Waals surface area contributed by atoms with E-state index in [0.29, 0.717) is 5.69 Å². The molecule has 11 heteroatoms. The zero-order chi connectivity index (χ0) is 25.0. The van der Waals surface area contributed by atoms with Gasteiger partial charge in [-0.1, -0.05) is 18.2 Å². The first-order chi connectivity index (χ1) is 16.2. The largest absolute Gasteiger partial charge is 0.468 e. The molecular weight excluding hydrogens is 448 g/mol. The topological polar surface area (TPSA) is 144 Å². The Morgan fingerprint density at radius 1 is 1.06 bits per heavy atom. The Morgan fingerprint density at radius 2 is 1.74 bits per heavy atom. The molecule has 1 aromatic rings. The highest BCUT2D eigenvalue weighted by Gasteiger charge is 2.63. The molecule has 0 saturated carbocycles. The molecule has 0 saturated heterocycles. The lowest BCUT2D eigenvalue weighted by Gasteiger charge is -2.40. The third kappa shape index (κ3) is 3.87. The summed E-state index contributed by atoms with van der Waals surface area (Å²) in [5.74, 6) is -3.68. The number of allylic oxidation sites excluding steroid dienone is 1. The van der Waals surface area contributed by atoms with Crippen LogP contribution in [-0.2, 0) is 48.3 Å². The van der Waals surface area contributed by atoms with Crippen molar-refractivity contribution in [3.05, 3.63) is 52.6 Å². The lowest BCUT2D eigenvalue weighted by molar-refractivity contribution is -0.147. The van der Waals surface area contributed by atoms with Crippen LogP contribution in [0, 0.1) is 0 Å². The third-order valence-electron chi connectivity index (χ3n) is 5.52. The summed E-state index contributed by atoms with van der Waals surface area (Å²) in [7, 11) is 2.65. The van der Waals surface area contributed by atoms with E-state index in [-0.39, 0.29) is 54.7 Å². The summed E-state index contributed by atoms with van der Waals surface area (Å²) in [5.41, 5.74) is 4.32. The number of nitrogens with zero attached hydrogens (tertiary/aromatic N) is 1. The minimum atomic E-state index is -2.06. The monoisotopic (exact) mass is 474 g/mol. The Bertz CT molecular complexity index is 1090. The van der Waals surface area contributed by atoms with Gasteiger partial charge in [0.25, 0.3) is 0 Å². The average molecular weight is 474 g/mol. The van der Waals surface area contributed by atoms with Crippen molar-refractivity contribution in [1.82, 2.24) is 0 Å². The van der Waals surface area contributed by atoms with E-state index in [0.717, 1.165) is 0 Å². The Kier molecular flexibility index (Phi) is 7.26. The van der Waals surface area contributed by atoms with Crippen LogP contribution in [0.5, 0.6) is 0 Å². The molecule has 11 nitrogen and oxygen atoms in total. The van der Waals surface area contributed by atoms with Crippen molar-refractivity contribution in [2.75, 3.05) is 45.5 Å². The van der Waals surface area contributed by atoms with Gasteiger partial charge >= 0.3 is 23.9 Å². The van der Waals surface area contributed by atoms with Crippen LogP contribution in [0.2, 0.25) is 0 Å². The molecule has 2 N–H and O–H groups in total. The molecule has 1 unspecified atom stereocenters. The number of cyclic esters (lactones) is 1. The number of carbonyl (C=O) groups excluding carboxylic acids is 4. The number of hydrogen-bond acceptors (Lipinski definition) is 11. The molecule has 1 atom stereocenters. The van der Waals surface area contributed by atoms with Crippen molar-refractivity contribution in [3.63, 3.8) is 0 Å². The molecule has 1 spiro atoms. The van der Waals surface area contributed by atoms with Crippen LogP contribution in [-0.4, -0.2) is 64.5 Å². The van der Waals surface area contributed by atoms with Gasteiger partial charge in [-0.15, -0.1) is 0 Å². The standard InChI is InChI=1S/C23H26N2O9/c1-5-32-21(28)18-19(24)25(12-16(26)31-4)15-9-7-6-8-14(15)23(18)17(13(2)34-22(23)29)20(27)33-11-10-30-3/h6-9H,5,10-12,24H2,1-4H3. The number of rotatable bonds is 8. The Morgan fingerprint density at radius 3 is 2.38 bits per heavy atom. The van der Waals surface area contributed by atoms with Crippen molar-refractivity contribution in [2.45, 2.75) is 19.3 Å². The number of hydrogen-bond donors (Lipinski definition) is 1. The summed E-state index contributed by atoms with van der Waals surface area (Å²) in [4.78, 5) is 53.5. The molecule has 0 radical (unpaired) electrons. The van der Waals surface area contributed by atoms with Crippen LogP contribution in [0.15, 0.2) is 47.0 Å². The van der Waals surface area contributed by atoms with Crippen molar-refractivity contribution in [1.29, 1.82) is 0 Å². The third-order valence-corrected chi connectivity index (χ3v) is 5.52. The quantitative estimate of drug-likeness (QED) is 0.322. The molecule has 2 heterocycles. The average Bonchev–Trinajstić information content (AvgIpc) is 3.06. The van der Waals surface area contributed by atoms with Gasteiger partial charge in [-0.05, 0) is 19.9 Å². The number of esters is 4. The van der Waals surface area contributed by atoms with Crippen molar-refractivity contribution >= 4 is 29.6 Å². The van der Waals surface area contributed by atoms with E-state index in [1.165, 1.54) is 26.0 Å². The van der Waals surface area contributed by atoms with Gasteiger partial charge < -0.3 is 34.3 Å². The first-order valence-corrected chi connectivity index (χ1v) is 10.5. The molecular formula is C23H26N2O9. The predicted octanol–water partition coefficient (Wildman–Crippen LogP) is 0.671. The minimum absolute atomic E-state index is 0.0320. The van der Waals surface area contributed by atoms with Crippen LogP contribution in [0.3, 0.4) is 0 Å². The van der Waals surface area contributed by atoms with Crippen LogP contribution in [0.25, 0.3) is 0 Å². The summed E-state index contributed by atoms with van der Waals surface area (Å²) in [6, 6.07) is 6.43. The van der Waals surface area contributed by atoms with E-state index in [9.17, 15) is 19.2 Å². The van der Waals surface area contributed by atoms with Gasteiger partial charge in [0.05, 0.1) is 20.3 Å². The SMILES string of the molecule is CCOC(=O)C1=C(N)N(CC(=O)OC)c2ccccc2C12C(=O)OC(C)=C2C(=O)OCCOC. The van der Waals surface area contributed by atoms with Crippen LogP contribution in [0.4, 0.5) is 5.69 Å². The van der Waals surface area contributed by atoms with Gasteiger partial charge in [0.1, 0.15) is 35.9 Å². The van der Waals surface area contributed by atoms with Gasteiger partial charge in [-0.25, -0.2) is 14.4 Å². The second kappa shape index (κ2) is 9.96. The molecule has 0 aliphatic carbocycles. The second-order valence-electron chi connectivity index (χ2n) is 7.36. The zero-order valence-electron chi connectivity index (χ0n) is 19.3.